The lowest BCUT2D eigenvalue weighted by Gasteiger charge is -2.42. The van der Waals surface area contributed by atoms with E-state index in [0.717, 1.165) is 18.2 Å². The second-order valence-electron chi connectivity index (χ2n) is 11.6. The molecule has 0 bridgehead atoms. The van der Waals surface area contributed by atoms with Gasteiger partial charge in [-0.3, -0.25) is 9.59 Å². The molecule has 0 radical (unpaired) electrons. The molecule has 2 aliphatic heterocycles. The molecule has 1 saturated carbocycles. The molecule has 2 amide bonds. The van der Waals surface area contributed by atoms with E-state index in [9.17, 15) is 9.59 Å². The van der Waals surface area contributed by atoms with Crippen molar-refractivity contribution in [1.29, 1.82) is 0 Å². The zero-order valence-electron chi connectivity index (χ0n) is 23.2. The Balaban J connectivity index is 1.27. The molecule has 2 saturated heterocycles. The zero-order valence-corrected chi connectivity index (χ0v) is 23.2. The van der Waals surface area contributed by atoms with Gasteiger partial charge in [-0.15, -0.1) is 0 Å². The van der Waals surface area contributed by atoms with E-state index >= 15 is 0 Å². The summed E-state index contributed by atoms with van der Waals surface area (Å²) in [4.78, 5) is 39.7. The minimum absolute atomic E-state index is 0.0694. The van der Waals surface area contributed by atoms with Crippen LogP contribution in [0.25, 0.3) is 0 Å². The molecule has 3 aliphatic rings. The quantitative estimate of drug-likeness (QED) is 0.499. The van der Waals surface area contributed by atoms with Crippen molar-refractivity contribution in [2.45, 2.75) is 69.4 Å². The third-order valence-corrected chi connectivity index (χ3v) is 9.14. The van der Waals surface area contributed by atoms with Gasteiger partial charge in [0.1, 0.15) is 5.82 Å². The van der Waals surface area contributed by atoms with Crippen LogP contribution in [0.5, 0.6) is 0 Å². The Bertz CT molecular complexity index is 1200. The first-order valence-electron chi connectivity index (χ1n) is 14.2. The van der Waals surface area contributed by atoms with Crippen molar-refractivity contribution in [1.82, 2.24) is 19.8 Å². The van der Waals surface area contributed by atoms with E-state index in [1.165, 1.54) is 63.3 Å². The normalized spacial score (nSPS) is 21.6. The summed E-state index contributed by atoms with van der Waals surface area (Å²) < 4.78 is 0. The van der Waals surface area contributed by atoms with Gasteiger partial charge in [0.15, 0.2) is 11.5 Å². The molecule has 1 unspecified atom stereocenters. The highest BCUT2D eigenvalue weighted by molar-refractivity contribution is 5.96. The first-order chi connectivity index (χ1) is 18.8. The molecule has 1 aromatic heterocycles. The maximum Gasteiger partial charge on any atom is 0.271 e. The van der Waals surface area contributed by atoms with Crippen molar-refractivity contribution in [2.24, 2.45) is 5.73 Å². The standard InChI is InChI=1S/C30H41N7O2/c1-4-26(38)37-16-13-24(20-37)35(3)25-19-32-27(28(31)39)29(34-25)33-22-11-9-21(10-12-22)30(2)14-17-36(18-15-30)23-7-5-6-8-23/h4,9-12,19,23-24H,1,5-8,13-18,20H2,2-3H3,(H2,31,39)(H,33,34). The third-order valence-electron chi connectivity index (χ3n) is 9.14. The summed E-state index contributed by atoms with van der Waals surface area (Å²) in [5.41, 5.74) is 8.05. The Morgan fingerprint density at radius 1 is 1.13 bits per heavy atom. The summed E-state index contributed by atoms with van der Waals surface area (Å²) in [5, 5.41) is 3.28. The molecule has 3 N–H and O–H groups in total. The number of hydrogen-bond acceptors (Lipinski definition) is 7. The lowest BCUT2D eigenvalue weighted by Crippen LogP contribution is -2.45. The fraction of sp³-hybridized carbons (Fsp3) is 0.533. The number of nitrogens with two attached hydrogens (primary N) is 1. The van der Waals surface area contributed by atoms with Crippen molar-refractivity contribution in [3.63, 3.8) is 0 Å². The molecular formula is C30H41N7O2. The molecular weight excluding hydrogens is 490 g/mol. The van der Waals surface area contributed by atoms with Crippen LogP contribution in [0, 0.1) is 0 Å². The summed E-state index contributed by atoms with van der Waals surface area (Å²) in [6, 6.07) is 9.34. The number of likely N-dealkylation sites (tertiary alicyclic amines) is 2. The molecule has 5 rings (SSSR count). The van der Waals surface area contributed by atoms with Gasteiger partial charge in [-0.05, 0) is 74.4 Å². The largest absolute Gasteiger partial charge is 0.364 e. The highest BCUT2D eigenvalue weighted by atomic mass is 16.2. The number of nitrogens with one attached hydrogen (secondary N) is 1. The summed E-state index contributed by atoms with van der Waals surface area (Å²) in [5.74, 6) is 0.229. The van der Waals surface area contributed by atoms with E-state index in [1.807, 2.05) is 24.1 Å². The van der Waals surface area contributed by atoms with Crippen LogP contribution in [0.3, 0.4) is 0 Å². The number of hydrogen-bond donors (Lipinski definition) is 2. The number of likely N-dealkylation sites (N-methyl/N-ethyl adjacent to an activating group) is 1. The van der Waals surface area contributed by atoms with Gasteiger partial charge in [0.05, 0.1) is 6.20 Å². The summed E-state index contributed by atoms with van der Waals surface area (Å²) in [7, 11) is 1.93. The molecule has 39 heavy (non-hydrogen) atoms. The van der Waals surface area contributed by atoms with E-state index < -0.39 is 5.91 Å². The number of benzene rings is 1. The first kappa shape index (κ1) is 27.1. The maximum atomic E-state index is 12.1. The molecule has 1 aromatic carbocycles. The van der Waals surface area contributed by atoms with Gasteiger partial charge < -0.3 is 25.8 Å². The van der Waals surface area contributed by atoms with Crippen molar-refractivity contribution in [3.8, 4) is 0 Å². The van der Waals surface area contributed by atoms with E-state index in [0.29, 0.717) is 24.7 Å². The lowest BCUT2D eigenvalue weighted by molar-refractivity contribution is -0.125. The van der Waals surface area contributed by atoms with E-state index in [4.69, 9.17) is 10.7 Å². The Hall–Kier alpha value is -3.46. The maximum absolute atomic E-state index is 12.1. The second-order valence-corrected chi connectivity index (χ2v) is 11.6. The number of anilines is 3. The van der Waals surface area contributed by atoms with Crippen molar-refractivity contribution < 1.29 is 9.59 Å². The van der Waals surface area contributed by atoms with E-state index in [1.54, 1.807) is 11.1 Å². The Labute approximate surface area is 231 Å². The Morgan fingerprint density at radius 3 is 2.46 bits per heavy atom. The van der Waals surface area contributed by atoms with Crippen LogP contribution in [-0.4, -0.2) is 76.9 Å². The SMILES string of the molecule is C=CC(=O)N1CCC(N(C)c2cnc(C(N)=O)c(Nc3ccc(C4(C)CCN(C5CCCC5)CC4)cc3)n2)C1. The fourth-order valence-electron chi connectivity index (χ4n) is 6.42. The van der Waals surface area contributed by atoms with Crippen LogP contribution < -0.4 is 16.0 Å². The number of primary amides is 1. The predicted octanol–water partition coefficient (Wildman–Crippen LogP) is 3.84. The van der Waals surface area contributed by atoms with Crippen LogP contribution in [0.4, 0.5) is 17.3 Å². The minimum atomic E-state index is -0.638. The van der Waals surface area contributed by atoms with Crippen LogP contribution in [0.1, 0.15) is 67.9 Å². The van der Waals surface area contributed by atoms with Crippen molar-refractivity contribution in [3.05, 3.63) is 54.4 Å². The molecule has 2 aromatic rings. The topological polar surface area (TPSA) is 108 Å². The number of nitrogens with zero attached hydrogens (tertiary/aromatic N) is 5. The average Bonchev–Trinajstić information content (AvgIpc) is 3.66. The van der Waals surface area contributed by atoms with E-state index in [2.05, 4.69) is 40.8 Å². The number of carbonyl (C=O) groups is 2. The Morgan fingerprint density at radius 2 is 1.82 bits per heavy atom. The molecule has 1 aliphatic carbocycles. The van der Waals surface area contributed by atoms with Gasteiger partial charge in [-0.25, -0.2) is 9.97 Å². The fourth-order valence-corrected chi connectivity index (χ4v) is 6.42. The number of carbonyl (C=O) groups excluding carboxylic acids is 2. The number of piperidine rings is 1. The Kier molecular flexibility index (Phi) is 7.88. The highest BCUT2D eigenvalue weighted by Gasteiger charge is 2.35. The van der Waals surface area contributed by atoms with Crippen LogP contribution in [0.15, 0.2) is 43.1 Å². The molecule has 1 atom stereocenters. The molecule has 9 nitrogen and oxygen atoms in total. The van der Waals surface area contributed by atoms with Crippen molar-refractivity contribution >= 4 is 29.1 Å². The molecule has 3 heterocycles. The summed E-state index contributed by atoms with van der Waals surface area (Å²) in [6.07, 6.45) is 11.5. The predicted molar refractivity (Wildman–Crippen MR) is 154 cm³/mol. The van der Waals surface area contributed by atoms with Gasteiger partial charge in [0, 0.05) is 37.9 Å². The molecule has 0 spiro atoms. The monoisotopic (exact) mass is 531 g/mol. The second kappa shape index (κ2) is 11.3. The molecule has 3 fully saturated rings. The van der Waals surface area contributed by atoms with Crippen LogP contribution in [-0.2, 0) is 10.2 Å². The number of aromatic nitrogens is 2. The zero-order chi connectivity index (χ0) is 27.6. The van der Waals surface area contributed by atoms with Gasteiger partial charge in [-0.1, -0.05) is 38.5 Å². The lowest BCUT2D eigenvalue weighted by atomic mass is 9.74. The molecule has 208 valence electrons. The van der Waals surface area contributed by atoms with Gasteiger partial charge in [0.25, 0.3) is 5.91 Å². The molecule has 9 heteroatoms. The number of amides is 2. The smallest absolute Gasteiger partial charge is 0.271 e. The minimum Gasteiger partial charge on any atom is -0.364 e. The van der Waals surface area contributed by atoms with Crippen molar-refractivity contribution in [2.75, 3.05) is 43.4 Å². The first-order valence-corrected chi connectivity index (χ1v) is 14.2. The van der Waals surface area contributed by atoms with Crippen LogP contribution in [0.2, 0.25) is 0 Å². The van der Waals surface area contributed by atoms with Gasteiger partial charge >= 0.3 is 0 Å². The average molecular weight is 532 g/mol. The number of rotatable bonds is 8. The summed E-state index contributed by atoms with van der Waals surface area (Å²) >= 11 is 0. The van der Waals surface area contributed by atoms with E-state index in [-0.39, 0.29) is 23.1 Å². The third kappa shape index (κ3) is 5.78. The van der Waals surface area contributed by atoms with Gasteiger partial charge in [0.2, 0.25) is 5.91 Å². The highest BCUT2D eigenvalue weighted by Crippen LogP contribution is 2.38. The van der Waals surface area contributed by atoms with Gasteiger partial charge in [-0.2, -0.15) is 0 Å². The summed E-state index contributed by atoms with van der Waals surface area (Å²) in [6.45, 7) is 9.55. The van der Waals surface area contributed by atoms with Crippen LogP contribution >= 0.6 is 0 Å².